The first-order chi connectivity index (χ1) is 8.20. The van der Waals surface area contributed by atoms with E-state index in [4.69, 9.17) is 11.5 Å². The summed E-state index contributed by atoms with van der Waals surface area (Å²) in [7, 11) is 1.78. The maximum absolute atomic E-state index is 13.9. The van der Waals surface area contributed by atoms with Gasteiger partial charge < -0.3 is 16.4 Å². The Balaban J connectivity index is 3.33. The molecule has 0 unspecified atom stereocenters. The van der Waals surface area contributed by atoms with Crippen molar-refractivity contribution in [2.45, 2.75) is 32.7 Å². The van der Waals surface area contributed by atoms with Crippen LogP contribution in [0.5, 0.6) is 0 Å². The lowest BCUT2D eigenvalue weighted by Crippen LogP contribution is -2.41. The number of nitrogens with two attached hydrogens (primary N) is 2. The van der Waals surface area contributed by atoms with Gasteiger partial charge in [-0.3, -0.25) is 4.79 Å². The van der Waals surface area contributed by atoms with Gasteiger partial charge in [-0.15, -0.1) is 0 Å². The number of carbonyl (C=O) groups excluding carboxylic acids is 1. The van der Waals surface area contributed by atoms with Crippen molar-refractivity contribution in [1.29, 1.82) is 0 Å². The predicted molar refractivity (Wildman–Crippen MR) is 72.1 cm³/mol. The van der Waals surface area contributed by atoms with Crippen LogP contribution >= 0.6 is 0 Å². The Hall–Kier alpha value is -1.78. The maximum atomic E-state index is 13.9. The van der Waals surface area contributed by atoms with E-state index in [9.17, 15) is 9.18 Å². The van der Waals surface area contributed by atoms with Crippen LogP contribution in [0.3, 0.4) is 0 Å². The van der Waals surface area contributed by atoms with Gasteiger partial charge in [0.2, 0.25) is 0 Å². The van der Waals surface area contributed by atoms with Crippen LogP contribution in [-0.4, -0.2) is 18.5 Å². The molecule has 0 aliphatic heterocycles. The van der Waals surface area contributed by atoms with Gasteiger partial charge in [-0.05, 0) is 32.4 Å². The highest BCUT2D eigenvalue weighted by Gasteiger charge is 2.25. The first kappa shape index (κ1) is 14.3. The van der Waals surface area contributed by atoms with Crippen molar-refractivity contribution in [2.75, 3.05) is 17.7 Å². The first-order valence-electron chi connectivity index (χ1n) is 5.83. The summed E-state index contributed by atoms with van der Waals surface area (Å²) >= 11 is 0. The molecule has 0 heterocycles. The molecular weight excluding hydrogens is 233 g/mol. The molecule has 0 radical (unpaired) electrons. The SMILES string of the molecule is CCC(C)(C)N(C)c1cc(C(N)=O)c(N)cc1F. The Bertz CT molecular complexity index is 472. The standard InChI is InChI=1S/C13H20FN3O/c1-5-13(2,3)17(4)11-6-8(12(16)18)10(15)7-9(11)14/h6-7H,5,15H2,1-4H3,(H2,16,18). The largest absolute Gasteiger partial charge is 0.398 e. The summed E-state index contributed by atoms with van der Waals surface area (Å²) in [6.45, 7) is 6.00. The number of hydrogen-bond acceptors (Lipinski definition) is 3. The molecule has 1 amide bonds. The van der Waals surface area contributed by atoms with Crippen LogP contribution < -0.4 is 16.4 Å². The van der Waals surface area contributed by atoms with E-state index in [2.05, 4.69) is 0 Å². The number of carbonyl (C=O) groups is 1. The number of nitrogen functional groups attached to an aromatic ring is 1. The molecule has 0 saturated carbocycles. The van der Waals surface area contributed by atoms with Crippen molar-refractivity contribution < 1.29 is 9.18 Å². The first-order valence-corrected chi connectivity index (χ1v) is 5.83. The van der Waals surface area contributed by atoms with E-state index in [-0.39, 0.29) is 16.8 Å². The van der Waals surface area contributed by atoms with Gasteiger partial charge in [0.25, 0.3) is 5.91 Å². The van der Waals surface area contributed by atoms with Crippen molar-refractivity contribution in [3.05, 3.63) is 23.5 Å². The average molecular weight is 253 g/mol. The third-order valence-corrected chi connectivity index (χ3v) is 3.52. The third-order valence-electron chi connectivity index (χ3n) is 3.52. The van der Waals surface area contributed by atoms with E-state index < -0.39 is 11.7 Å². The molecule has 5 heteroatoms. The molecular formula is C13H20FN3O. The molecule has 1 rings (SSSR count). The molecule has 0 bridgehead atoms. The molecule has 100 valence electrons. The topological polar surface area (TPSA) is 72.3 Å². The van der Waals surface area contributed by atoms with Gasteiger partial charge in [0.1, 0.15) is 5.82 Å². The number of benzene rings is 1. The summed E-state index contributed by atoms with van der Waals surface area (Å²) in [6, 6.07) is 2.54. The molecule has 0 aromatic heterocycles. The van der Waals surface area contributed by atoms with Crippen molar-refractivity contribution >= 4 is 17.3 Å². The Kier molecular flexibility index (Phi) is 3.84. The lowest BCUT2D eigenvalue weighted by atomic mass is 9.98. The van der Waals surface area contributed by atoms with Crippen LogP contribution in [0.25, 0.3) is 0 Å². The highest BCUT2D eigenvalue weighted by Crippen LogP contribution is 2.30. The summed E-state index contributed by atoms with van der Waals surface area (Å²) in [5.74, 6) is -1.11. The second-order valence-corrected chi connectivity index (χ2v) is 4.98. The molecule has 4 N–H and O–H groups in total. The van der Waals surface area contributed by atoms with Crippen LogP contribution in [0.15, 0.2) is 12.1 Å². The second-order valence-electron chi connectivity index (χ2n) is 4.98. The number of anilines is 2. The minimum absolute atomic E-state index is 0.0615. The van der Waals surface area contributed by atoms with Crippen LogP contribution in [-0.2, 0) is 0 Å². The zero-order valence-corrected chi connectivity index (χ0v) is 11.2. The van der Waals surface area contributed by atoms with Crippen molar-refractivity contribution in [3.63, 3.8) is 0 Å². The van der Waals surface area contributed by atoms with Crippen molar-refractivity contribution in [3.8, 4) is 0 Å². The van der Waals surface area contributed by atoms with Crippen LogP contribution in [0.1, 0.15) is 37.6 Å². The van der Waals surface area contributed by atoms with E-state index in [0.29, 0.717) is 5.69 Å². The van der Waals surface area contributed by atoms with Gasteiger partial charge in [-0.2, -0.15) is 0 Å². The van der Waals surface area contributed by atoms with Gasteiger partial charge >= 0.3 is 0 Å². The lowest BCUT2D eigenvalue weighted by Gasteiger charge is -2.37. The van der Waals surface area contributed by atoms with Crippen molar-refractivity contribution in [1.82, 2.24) is 0 Å². The number of amides is 1. The minimum atomic E-state index is -0.656. The number of halogens is 1. The summed E-state index contributed by atoms with van der Waals surface area (Å²) in [5.41, 5.74) is 11.1. The Labute approximate surface area is 107 Å². The number of nitrogens with zero attached hydrogens (tertiary/aromatic N) is 1. The van der Waals surface area contributed by atoms with E-state index in [1.165, 1.54) is 6.07 Å². The summed E-state index contributed by atoms with van der Waals surface area (Å²) in [5, 5.41) is 0. The zero-order valence-electron chi connectivity index (χ0n) is 11.2. The van der Waals surface area contributed by atoms with Crippen LogP contribution in [0, 0.1) is 5.82 Å². The van der Waals surface area contributed by atoms with Crippen molar-refractivity contribution in [2.24, 2.45) is 5.73 Å². The van der Waals surface area contributed by atoms with Gasteiger partial charge in [0.15, 0.2) is 0 Å². The van der Waals surface area contributed by atoms with E-state index in [0.717, 1.165) is 12.5 Å². The third kappa shape index (κ3) is 2.55. The molecule has 0 aliphatic rings. The van der Waals surface area contributed by atoms with Gasteiger partial charge in [-0.25, -0.2) is 4.39 Å². The zero-order chi connectivity index (χ0) is 14.1. The molecule has 4 nitrogen and oxygen atoms in total. The second kappa shape index (κ2) is 4.84. The lowest BCUT2D eigenvalue weighted by molar-refractivity contribution is 0.100. The Morgan fingerprint density at radius 1 is 1.44 bits per heavy atom. The van der Waals surface area contributed by atoms with Gasteiger partial charge in [-0.1, -0.05) is 6.92 Å². The summed E-state index contributed by atoms with van der Waals surface area (Å²) in [6.07, 6.45) is 0.833. The summed E-state index contributed by atoms with van der Waals surface area (Å²) < 4.78 is 13.9. The molecule has 18 heavy (non-hydrogen) atoms. The Morgan fingerprint density at radius 3 is 2.44 bits per heavy atom. The van der Waals surface area contributed by atoms with Gasteiger partial charge in [0, 0.05) is 18.3 Å². The minimum Gasteiger partial charge on any atom is -0.398 e. The van der Waals surface area contributed by atoms with E-state index >= 15 is 0 Å². The molecule has 0 fully saturated rings. The summed E-state index contributed by atoms with van der Waals surface area (Å²) in [4.78, 5) is 13.0. The van der Waals surface area contributed by atoms with E-state index in [1.807, 2.05) is 20.8 Å². The average Bonchev–Trinajstić information content (AvgIpc) is 2.27. The number of primary amides is 1. The molecule has 1 aromatic rings. The fourth-order valence-corrected chi connectivity index (χ4v) is 1.61. The van der Waals surface area contributed by atoms with E-state index in [1.54, 1.807) is 11.9 Å². The molecule has 0 aliphatic carbocycles. The predicted octanol–water partition coefficient (Wildman–Crippen LogP) is 2.13. The number of hydrogen-bond donors (Lipinski definition) is 2. The fraction of sp³-hybridized carbons (Fsp3) is 0.462. The number of rotatable bonds is 4. The quantitative estimate of drug-likeness (QED) is 0.807. The van der Waals surface area contributed by atoms with Crippen LogP contribution in [0.2, 0.25) is 0 Å². The molecule has 0 spiro atoms. The Morgan fingerprint density at radius 2 is 2.00 bits per heavy atom. The highest BCUT2D eigenvalue weighted by molar-refractivity contribution is 5.99. The fourth-order valence-electron chi connectivity index (χ4n) is 1.61. The monoisotopic (exact) mass is 253 g/mol. The smallest absolute Gasteiger partial charge is 0.250 e. The molecule has 0 atom stereocenters. The normalized spacial score (nSPS) is 11.4. The molecule has 0 saturated heterocycles. The molecule has 1 aromatic carbocycles. The highest BCUT2D eigenvalue weighted by atomic mass is 19.1. The van der Waals surface area contributed by atoms with Gasteiger partial charge in [0.05, 0.1) is 11.3 Å². The maximum Gasteiger partial charge on any atom is 0.250 e. The van der Waals surface area contributed by atoms with Crippen LogP contribution in [0.4, 0.5) is 15.8 Å².